The number of nitrogens with zero attached hydrogens (tertiary/aromatic N) is 1. The SMILES string of the molecule is C=C1CCC2[C@H](CC=Cc3cccnc3)C([C@@]3(C)CC[C@H](O)C[C@@H]3O)CC[C@]12C. The average molecular weight is 396 g/mol. The molecule has 0 spiro atoms. The van der Waals surface area contributed by atoms with Crippen molar-refractivity contribution in [2.45, 2.75) is 77.4 Å². The van der Waals surface area contributed by atoms with Crippen molar-refractivity contribution in [2.75, 3.05) is 0 Å². The molecule has 0 aromatic carbocycles. The molecule has 0 bridgehead atoms. The zero-order valence-corrected chi connectivity index (χ0v) is 18.1. The lowest BCUT2D eigenvalue weighted by Gasteiger charge is -2.55. The first kappa shape index (κ1) is 20.8. The Morgan fingerprint density at radius 2 is 2.00 bits per heavy atom. The molecule has 3 fully saturated rings. The van der Waals surface area contributed by atoms with Gasteiger partial charge in [-0.3, -0.25) is 4.98 Å². The number of pyridine rings is 1. The highest BCUT2D eigenvalue weighted by atomic mass is 16.3. The molecular weight excluding hydrogens is 358 g/mol. The van der Waals surface area contributed by atoms with Crippen LogP contribution in [-0.4, -0.2) is 27.4 Å². The molecule has 2 N–H and O–H groups in total. The van der Waals surface area contributed by atoms with E-state index < -0.39 is 6.10 Å². The predicted octanol–water partition coefficient (Wildman–Crippen LogP) is 5.40. The topological polar surface area (TPSA) is 53.4 Å². The standard InChI is InChI=1S/C26H37NO2/c1-18-9-10-22-21(8-4-6-19-7-5-15-27-17-19)23(12-14-25(18,22)2)26(3)13-11-20(28)16-24(26)29/h4-7,15,17,20-24,28-29H,1,8-14,16H2,2-3H3/t20-,21-,22?,23?,24-,25+,26+/m0/s1. The summed E-state index contributed by atoms with van der Waals surface area (Å²) in [7, 11) is 0. The second kappa shape index (κ2) is 8.00. The van der Waals surface area contributed by atoms with Gasteiger partial charge in [-0.2, -0.15) is 0 Å². The van der Waals surface area contributed by atoms with Gasteiger partial charge < -0.3 is 10.2 Å². The molecule has 0 aliphatic heterocycles. The van der Waals surface area contributed by atoms with Crippen LogP contribution in [0.3, 0.4) is 0 Å². The van der Waals surface area contributed by atoms with Gasteiger partial charge in [0.2, 0.25) is 0 Å². The van der Waals surface area contributed by atoms with Crippen LogP contribution in [-0.2, 0) is 0 Å². The molecule has 1 aromatic rings. The molecular formula is C26H37NO2. The van der Waals surface area contributed by atoms with E-state index in [9.17, 15) is 10.2 Å². The summed E-state index contributed by atoms with van der Waals surface area (Å²) in [4.78, 5) is 4.22. The first-order valence-electron chi connectivity index (χ1n) is 11.5. The van der Waals surface area contributed by atoms with Crippen molar-refractivity contribution in [3.63, 3.8) is 0 Å². The van der Waals surface area contributed by atoms with Crippen LogP contribution in [0.5, 0.6) is 0 Å². The van der Waals surface area contributed by atoms with Crippen LogP contribution >= 0.6 is 0 Å². The van der Waals surface area contributed by atoms with E-state index >= 15 is 0 Å². The van der Waals surface area contributed by atoms with E-state index in [0.29, 0.717) is 24.2 Å². The Kier molecular flexibility index (Phi) is 5.74. The van der Waals surface area contributed by atoms with Gasteiger partial charge in [0.15, 0.2) is 0 Å². The highest BCUT2D eigenvalue weighted by Gasteiger charge is 2.56. The minimum atomic E-state index is -0.407. The summed E-state index contributed by atoms with van der Waals surface area (Å²) >= 11 is 0. The third-order valence-electron chi connectivity index (χ3n) is 8.91. The van der Waals surface area contributed by atoms with Crippen LogP contribution in [0.4, 0.5) is 0 Å². The van der Waals surface area contributed by atoms with Gasteiger partial charge in [0.05, 0.1) is 12.2 Å². The second-order valence-corrected chi connectivity index (χ2v) is 10.3. The fraction of sp³-hybridized carbons (Fsp3) is 0.654. The van der Waals surface area contributed by atoms with Gasteiger partial charge in [-0.25, -0.2) is 0 Å². The van der Waals surface area contributed by atoms with Crippen LogP contribution in [0.25, 0.3) is 6.08 Å². The number of hydrogen-bond acceptors (Lipinski definition) is 3. The van der Waals surface area contributed by atoms with E-state index in [1.807, 2.05) is 18.5 Å². The van der Waals surface area contributed by atoms with Gasteiger partial charge in [-0.15, -0.1) is 0 Å². The lowest BCUT2D eigenvalue weighted by molar-refractivity contribution is -0.118. The van der Waals surface area contributed by atoms with Crippen LogP contribution < -0.4 is 0 Å². The van der Waals surface area contributed by atoms with Crippen molar-refractivity contribution in [3.05, 3.63) is 48.3 Å². The molecule has 0 radical (unpaired) electrons. The number of allylic oxidation sites excluding steroid dienone is 2. The van der Waals surface area contributed by atoms with E-state index in [1.165, 1.54) is 18.4 Å². The average Bonchev–Trinajstić information content (AvgIpc) is 3.01. The predicted molar refractivity (Wildman–Crippen MR) is 118 cm³/mol. The van der Waals surface area contributed by atoms with E-state index in [-0.39, 0.29) is 16.9 Å². The highest BCUT2D eigenvalue weighted by molar-refractivity contribution is 5.47. The molecule has 4 rings (SSSR count). The van der Waals surface area contributed by atoms with Gasteiger partial charge in [0, 0.05) is 12.4 Å². The van der Waals surface area contributed by atoms with Crippen LogP contribution in [0, 0.1) is 28.6 Å². The van der Waals surface area contributed by atoms with Crippen molar-refractivity contribution in [3.8, 4) is 0 Å². The summed E-state index contributed by atoms with van der Waals surface area (Å²) in [6.45, 7) is 9.17. The molecule has 29 heavy (non-hydrogen) atoms. The van der Waals surface area contributed by atoms with Gasteiger partial charge in [0.25, 0.3) is 0 Å². The molecule has 0 saturated heterocycles. The Hall–Kier alpha value is -1.45. The number of rotatable bonds is 4. The van der Waals surface area contributed by atoms with E-state index in [4.69, 9.17) is 0 Å². The lowest BCUT2D eigenvalue weighted by atomic mass is 9.50. The minimum absolute atomic E-state index is 0.0999. The molecule has 3 aliphatic rings. The minimum Gasteiger partial charge on any atom is -0.393 e. The molecule has 0 amide bonds. The smallest absolute Gasteiger partial charge is 0.0621 e. The number of aliphatic hydroxyl groups excluding tert-OH is 2. The summed E-state index contributed by atoms with van der Waals surface area (Å²) in [6.07, 6.45) is 15.5. The molecule has 3 heteroatoms. The van der Waals surface area contributed by atoms with Gasteiger partial charge >= 0.3 is 0 Å². The first-order chi connectivity index (χ1) is 13.8. The van der Waals surface area contributed by atoms with Gasteiger partial charge in [-0.1, -0.05) is 44.2 Å². The Morgan fingerprint density at radius 1 is 1.17 bits per heavy atom. The summed E-state index contributed by atoms with van der Waals surface area (Å²) in [5.41, 5.74) is 2.73. The molecule has 1 heterocycles. The van der Waals surface area contributed by atoms with E-state index in [1.54, 1.807) is 0 Å². The van der Waals surface area contributed by atoms with Gasteiger partial charge in [0.1, 0.15) is 0 Å². The molecule has 1 aromatic heterocycles. The summed E-state index contributed by atoms with van der Waals surface area (Å²) in [5, 5.41) is 21.1. The maximum Gasteiger partial charge on any atom is 0.0621 e. The summed E-state index contributed by atoms with van der Waals surface area (Å²) < 4.78 is 0. The maximum atomic E-state index is 11.0. The Labute approximate surface area is 176 Å². The molecule has 3 aliphatic carbocycles. The van der Waals surface area contributed by atoms with Crippen molar-refractivity contribution in [2.24, 2.45) is 28.6 Å². The van der Waals surface area contributed by atoms with Crippen LogP contribution in [0.2, 0.25) is 0 Å². The molecule has 158 valence electrons. The summed E-state index contributed by atoms with van der Waals surface area (Å²) in [6, 6.07) is 4.07. The molecule has 3 nitrogen and oxygen atoms in total. The second-order valence-electron chi connectivity index (χ2n) is 10.3. The van der Waals surface area contributed by atoms with Crippen LogP contribution in [0.15, 0.2) is 42.8 Å². The number of aliphatic hydroxyl groups is 2. The van der Waals surface area contributed by atoms with Crippen LogP contribution in [0.1, 0.15) is 70.8 Å². The largest absolute Gasteiger partial charge is 0.393 e. The number of hydrogen-bond donors (Lipinski definition) is 2. The quantitative estimate of drug-likeness (QED) is 0.672. The summed E-state index contributed by atoms with van der Waals surface area (Å²) in [5.74, 6) is 1.69. The third-order valence-corrected chi connectivity index (χ3v) is 8.91. The third kappa shape index (κ3) is 3.72. The Balaban J connectivity index is 1.61. The van der Waals surface area contributed by atoms with Crippen molar-refractivity contribution in [1.29, 1.82) is 0 Å². The monoisotopic (exact) mass is 395 g/mol. The van der Waals surface area contributed by atoms with E-state index in [2.05, 4.69) is 43.6 Å². The molecule has 7 atom stereocenters. The van der Waals surface area contributed by atoms with Crippen molar-refractivity contribution < 1.29 is 10.2 Å². The van der Waals surface area contributed by atoms with E-state index in [0.717, 1.165) is 37.7 Å². The Bertz CT molecular complexity index is 759. The lowest BCUT2D eigenvalue weighted by Crippen LogP contribution is -2.52. The zero-order valence-electron chi connectivity index (χ0n) is 18.1. The zero-order chi connectivity index (χ0) is 20.6. The fourth-order valence-corrected chi connectivity index (χ4v) is 6.90. The normalized spacial score (nSPS) is 42.9. The highest BCUT2D eigenvalue weighted by Crippen LogP contribution is 2.63. The molecule has 2 unspecified atom stereocenters. The number of aromatic nitrogens is 1. The van der Waals surface area contributed by atoms with Gasteiger partial charge in [-0.05, 0) is 91.6 Å². The van der Waals surface area contributed by atoms with Crippen molar-refractivity contribution >= 4 is 6.08 Å². The molecule has 3 saturated carbocycles. The first-order valence-corrected chi connectivity index (χ1v) is 11.5. The Morgan fingerprint density at radius 3 is 2.72 bits per heavy atom. The maximum absolute atomic E-state index is 11.0. The fourth-order valence-electron chi connectivity index (χ4n) is 6.90. The van der Waals surface area contributed by atoms with Crippen molar-refractivity contribution in [1.82, 2.24) is 4.98 Å². The number of fused-ring (bicyclic) bond motifs is 1.